The van der Waals surface area contributed by atoms with Gasteiger partial charge in [-0.2, -0.15) is 5.26 Å². The third-order valence-corrected chi connectivity index (χ3v) is 2.87. The number of carbonyl (C=O) groups is 1. The lowest BCUT2D eigenvalue weighted by Gasteiger charge is -2.21. The van der Waals surface area contributed by atoms with Gasteiger partial charge in [0.1, 0.15) is 6.42 Å². The summed E-state index contributed by atoms with van der Waals surface area (Å²) >= 11 is 0. The summed E-state index contributed by atoms with van der Waals surface area (Å²) in [5, 5.41) is 11.1. The molecule has 0 radical (unpaired) electrons. The van der Waals surface area contributed by atoms with Crippen molar-refractivity contribution in [3.05, 3.63) is 0 Å². The number of hydrogen-bond acceptors (Lipinski definition) is 3. The van der Waals surface area contributed by atoms with E-state index in [0.29, 0.717) is 6.54 Å². The Balaban J connectivity index is 3.67. The lowest BCUT2D eigenvalue weighted by Crippen LogP contribution is -2.31. The summed E-state index contributed by atoms with van der Waals surface area (Å²) < 4.78 is 0. The highest BCUT2D eigenvalue weighted by Gasteiger charge is 2.04. The Hall–Kier alpha value is -1.08. The zero-order chi connectivity index (χ0) is 13.6. The molecule has 0 spiro atoms. The van der Waals surface area contributed by atoms with Gasteiger partial charge in [0.25, 0.3) is 0 Å². The van der Waals surface area contributed by atoms with E-state index in [-0.39, 0.29) is 12.3 Å². The predicted molar refractivity (Wildman–Crippen MR) is 74.1 cm³/mol. The summed E-state index contributed by atoms with van der Waals surface area (Å²) in [7, 11) is 0. The first-order valence-corrected chi connectivity index (χ1v) is 7.10. The Morgan fingerprint density at radius 2 is 1.67 bits per heavy atom. The lowest BCUT2D eigenvalue weighted by molar-refractivity contribution is -0.120. The number of nitrogens with zero attached hydrogens (tertiary/aromatic N) is 2. The molecular formula is C14H27N3O. The summed E-state index contributed by atoms with van der Waals surface area (Å²) in [6.07, 6.45) is 5.86. The Morgan fingerprint density at radius 3 is 2.17 bits per heavy atom. The van der Waals surface area contributed by atoms with Gasteiger partial charge in [-0.1, -0.05) is 26.7 Å². The molecule has 0 fully saturated rings. The topological polar surface area (TPSA) is 56.1 Å². The van der Waals surface area contributed by atoms with Crippen LogP contribution < -0.4 is 5.32 Å². The van der Waals surface area contributed by atoms with Gasteiger partial charge in [-0.05, 0) is 38.9 Å². The van der Waals surface area contributed by atoms with E-state index in [1.54, 1.807) is 0 Å². The molecule has 0 aromatic carbocycles. The van der Waals surface area contributed by atoms with Crippen molar-refractivity contribution in [1.82, 2.24) is 10.2 Å². The summed E-state index contributed by atoms with van der Waals surface area (Å²) in [5.41, 5.74) is 0. The van der Waals surface area contributed by atoms with Crippen molar-refractivity contribution in [3.63, 3.8) is 0 Å². The number of unbranched alkanes of at least 4 members (excludes halogenated alkanes) is 2. The van der Waals surface area contributed by atoms with Gasteiger partial charge in [0, 0.05) is 6.54 Å². The van der Waals surface area contributed by atoms with Crippen molar-refractivity contribution in [1.29, 1.82) is 5.26 Å². The third-order valence-electron chi connectivity index (χ3n) is 2.87. The molecule has 0 aliphatic heterocycles. The fraction of sp³-hybridized carbons (Fsp3) is 0.857. The summed E-state index contributed by atoms with van der Waals surface area (Å²) in [6, 6.07) is 1.85. The number of hydrogen-bond donors (Lipinski definition) is 1. The van der Waals surface area contributed by atoms with E-state index in [9.17, 15) is 4.79 Å². The molecule has 0 aliphatic rings. The normalized spacial score (nSPS) is 10.3. The second-order valence-corrected chi connectivity index (χ2v) is 4.59. The Kier molecular flexibility index (Phi) is 11.6. The molecule has 1 amide bonds. The van der Waals surface area contributed by atoms with Crippen molar-refractivity contribution in [3.8, 4) is 6.07 Å². The van der Waals surface area contributed by atoms with E-state index < -0.39 is 0 Å². The van der Waals surface area contributed by atoms with Gasteiger partial charge >= 0.3 is 0 Å². The van der Waals surface area contributed by atoms with E-state index in [1.807, 2.05) is 6.07 Å². The van der Waals surface area contributed by atoms with Gasteiger partial charge in [-0.3, -0.25) is 4.79 Å². The predicted octanol–water partition coefficient (Wildman–Crippen LogP) is 2.31. The van der Waals surface area contributed by atoms with Crippen LogP contribution in [0.1, 0.15) is 52.4 Å². The van der Waals surface area contributed by atoms with Gasteiger partial charge in [-0.15, -0.1) is 0 Å². The monoisotopic (exact) mass is 253 g/mol. The Morgan fingerprint density at radius 1 is 1.11 bits per heavy atom. The summed E-state index contributed by atoms with van der Waals surface area (Å²) in [6.45, 7) is 8.44. The minimum absolute atomic E-state index is 0.0324. The molecule has 0 aromatic heterocycles. The fourth-order valence-electron chi connectivity index (χ4n) is 1.76. The van der Waals surface area contributed by atoms with Gasteiger partial charge in [0.05, 0.1) is 6.07 Å². The number of nitriles is 1. The summed E-state index contributed by atoms with van der Waals surface area (Å²) in [5.74, 6) is -0.161. The number of carbonyl (C=O) groups excluding carboxylic acids is 1. The van der Waals surface area contributed by atoms with Crippen LogP contribution in [0.2, 0.25) is 0 Å². The fourth-order valence-corrected chi connectivity index (χ4v) is 1.76. The SMILES string of the molecule is CCCCN(CCCC)CCCNC(=O)CC#N. The maximum atomic E-state index is 11.1. The largest absolute Gasteiger partial charge is 0.355 e. The van der Waals surface area contributed by atoms with Gasteiger partial charge in [-0.25, -0.2) is 0 Å². The quantitative estimate of drug-likeness (QED) is 0.575. The molecule has 0 aliphatic carbocycles. The van der Waals surface area contributed by atoms with Crippen LogP contribution >= 0.6 is 0 Å². The van der Waals surface area contributed by atoms with Crippen molar-refractivity contribution in [2.45, 2.75) is 52.4 Å². The second-order valence-electron chi connectivity index (χ2n) is 4.59. The number of amides is 1. The molecule has 104 valence electrons. The molecule has 0 aromatic rings. The molecule has 1 N–H and O–H groups in total. The molecule has 0 bridgehead atoms. The van der Waals surface area contributed by atoms with E-state index in [1.165, 1.54) is 25.7 Å². The molecule has 0 rings (SSSR count). The number of nitrogens with one attached hydrogen (secondary N) is 1. The smallest absolute Gasteiger partial charge is 0.234 e. The zero-order valence-electron chi connectivity index (χ0n) is 11.9. The van der Waals surface area contributed by atoms with Crippen LogP contribution in [0.15, 0.2) is 0 Å². The first-order chi connectivity index (χ1) is 8.74. The Bertz CT molecular complexity index is 240. The molecule has 0 atom stereocenters. The zero-order valence-corrected chi connectivity index (χ0v) is 11.9. The van der Waals surface area contributed by atoms with E-state index >= 15 is 0 Å². The van der Waals surface area contributed by atoms with Crippen LogP contribution in [-0.4, -0.2) is 37.0 Å². The molecule has 4 heteroatoms. The maximum Gasteiger partial charge on any atom is 0.234 e. The highest BCUT2D eigenvalue weighted by atomic mass is 16.1. The van der Waals surface area contributed by atoms with E-state index in [0.717, 1.165) is 26.1 Å². The minimum atomic E-state index is -0.161. The van der Waals surface area contributed by atoms with Crippen LogP contribution in [0.25, 0.3) is 0 Å². The van der Waals surface area contributed by atoms with Crippen LogP contribution in [-0.2, 0) is 4.79 Å². The average Bonchev–Trinajstić information content (AvgIpc) is 2.37. The number of rotatable bonds is 11. The molecule has 0 heterocycles. The van der Waals surface area contributed by atoms with Crippen molar-refractivity contribution in [2.24, 2.45) is 0 Å². The van der Waals surface area contributed by atoms with Gasteiger partial charge in [0.15, 0.2) is 0 Å². The molecular weight excluding hydrogens is 226 g/mol. The molecule has 4 nitrogen and oxygen atoms in total. The summed E-state index contributed by atoms with van der Waals surface area (Å²) in [4.78, 5) is 13.6. The van der Waals surface area contributed by atoms with Gasteiger partial charge in [0.2, 0.25) is 5.91 Å². The molecule has 0 saturated heterocycles. The molecule has 0 saturated carbocycles. The Labute approximate surface area is 111 Å². The first-order valence-electron chi connectivity index (χ1n) is 7.10. The first kappa shape index (κ1) is 16.9. The lowest BCUT2D eigenvalue weighted by atomic mass is 10.2. The third kappa shape index (κ3) is 10.1. The molecule has 0 unspecified atom stereocenters. The van der Waals surface area contributed by atoms with E-state index in [4.69, 9.17) is 5.26 Å². The minimum Gasteiger partial charge on any atom is -0.355 e. The van der Waals surface area contributed by atoms with Crippen molar-refractivity contribution < 1.29 is 4.79 Å². The van der Waals surface area contributed by atoms with Crippen LogP contribution in [0.5, 0.6) is 0 Å². The standard InChI is InChI=1S/C14H27N3O/c1-3-5-11-17(12-6-4-2)13-7-10-16-14(18)8-9-15/h3-8,10-13H2,1-2H3,(H,16,18). The van der Waals surface area contributed by atoms with E-state index in [2.05, 4.69) is 24.1 Å². The highest BCUT2D eigenvalue weighted by molar-refractivity contribution is 5.77. The molecule has 18 heavy (non-hydrogen) atoms. The van der Waals surface area contributed by atoms with Crippen LogP contribution in [0.4, 0.5) is 0 Å². The average molecular weight is 253 g/mol. The second kappa shape index (κ2) is 12.4. The van der Waals surface area contributed by atoms with Gasteiger partial charge < -0.3 is 10.2 Å². The van der Waals surface area contributed by atoms with Crippen molar-refractivity contribution in [2.75, 3.05) is 26.2 Å². The maximum absolute atomic E-state index is 11.1. The van der Waals surface area contributed by atoms with Crippen LogP contribution in [0.3, 0.4) is 0 Å². The highest BCUT2D eigenvalue weighted by Crippen LogP contribution is 2.00. The van der Waals surface area contributed by atoms with Crippen LogP contribution in [0, 0.1) is 11.3 Å². The van der Waals surface area contributed by atoms with Crippen molar-refractivity contribution >= 4 is 5.91 Å².